The van der Waals surface area contributed by atoms with E-state index in [9.17, 15) is 10.2 Å². The Labute approximate surface area is 84.2 Å². The number of hydrogen-bond donors (Lipinski definition) is 2. The summed E-state index contributed by atoms with van der Waals surface area (Å²) in [6.45, 7) is 0. The highest BCUT2D eigenvalue weighted by Gasteiger charge is 2.23. The first-order valence-corrected chi connectivity index (χ1v) is 5.23. The molecule has 76 valence electrons. The second-order valence-electron chi connectivity index (χ2n) is 4.08. The molecular formula is C12H16O2. The molecule has 0 saturated heterocycles. The fraction of sp³-hybridized carbons (Fsp3) is 0.500. The van der Waals surface area contributed by atoms with Gasteiger partial charge < -0.3 is 10.2 Å². The van der Waals surface area contributed by atoms with E-state index in [0.717, 1.165) is 31.2 Å². The fourth-order valence-corrected chi connectivity index (χ4v) is 2.28. The maximum atomic E-state index is 9.67. The highest BCUT2D eigenvalue weighted by atomic mass is 16.3. The van der Waals surface area contributed by atoms with Crippen molar-refractivity contribution in [1.82, 2.24) is 0 Å². The van der Waals surface area contributed by atoms with Crippen molar-refractivity contribution < 1.29 is 10.2 Å². The molecule has 1 aliphatic carbocycles. The number of phenolic OH excluding ortho intramolecular Hbond substituents is 1. The summed E-state index contributed by atoms with van der Waals surface area (Å²) in [6, 6.07) is 7.45. The van der Waals surface area contributed by atoms with E-state index in [1.165, 1.54) is 0 Å². The molecule has 0 bridgehead atoms. The SMILES string of the molecule is Oc1ccccc1C1CCCC(O)C1. The van der Waals surface area contributed by atoms with Crippen molar-refractivity contribution in [1.29, 1.82) is 0 Å². The second-order valence-corrected chi connectivity index (χ2v) is 4.08. The van der Waals surface area contributed by atoms with Crippen molar-refractivity contribution in [2.24, 2.45) is 0 Å². The molecule has 1 aliphatic rings. The molecule has 14 heavy (non-hydrogen) atoms. The molecule has 0 radical (unpaired) electrons. The van der Waals surface area contributed by atoms with Crippen LogP contribution in [-0.2, 0) is 0 Å². The van der Waals surface area contributed by atoms with Gasteiger partial charge in [0.2, 0.25) is 0 Å². The van der Waals surface area contributed by atoms with Gasteiger partial charge in [-0.25, -0.2) is 0 Å². The van der Waals surface area contributed by atoms with E-state index in [4.69, 9.17) is 0 Å². The van der Waals surface area contributed by atoms with Crippen molar-refractivity contribution in [3.8, 4) is 5.75 Å². The van der Waals surface area contributed by atoms with Crippen LogP contribution in [0, 0.1) is 0 Å². The number of para-hydroxylation sites is 1. The molecule has 0 aromatic heterocycles. The Morgan fingerprint density at radius 1 is 1.14 bits per heavy atom. The van der Waals surface area contributed by atoms with Gasteiger partial charge in [-0.2, -0.15) is 0 Å². The lowest BCUT2D eigenvalue weighted by molar-refractivity contribution is 0.119. The topological polar surface area (TPSA) is 40.5 Å². The molecule has 1 aromatic rings. The zero-order valence-electron chi connectivity index (χ0n) is 8.19. The summed E-state index contributed by atoms with van der Waals surface area (Å²) >= 11 is 0. The summed E-state index contributed by atoms with van der Waals surface area (Å²) in [5, 5.41) is 19.2. The Morgan fingerprint density at radius 2 is 1.93 bits per heavy atom. The van der Waals surface area contributed by atoms with Gasteiger partial charge in [-0.05, 0) is 36.8 Å². The Kier molecular flexibility index (Phi) is 2.73. The highest BCUT2D eigenvalue weighted by molar-refractivity contribution is 5.35. The minimum atomic E-state index is -0.187. The predicted molar refractivity (Wildman–Crippen MR) is 55.3 cm³/mol. The number of benzene rings is 1. The van der Waals surface area contributed by atoms with Gasteiger partial charge in [0.25, 0.3) is 0 Å². The smallest absolute Gasteiger partial charge is 0.119 e. The highest BCUT2D eigenvalue weighted by Crippen LogP contribution is 2.36. The van der Waals surface area contributed by atoms with Gasteiger partial charge in [0.1, 0.15) is 5.75 Å². The summed E-state index contributed by atoms with van der Waals surface area (Å²) in [5.41, 5.74) is 0.992. The molecule has 1 fully saturated rings. The number of hydrogen-bond acceptors (Lipinski definition) is 2. The van der Waals surface area contributed by atoms with Gasteiger partial charge in [-0.15, -0.1) is 0 Å². The van der Waals surface area contributed by atoms with E-state index >= 15 is 0 Å². The predicted octanol–water partition coefficient (Wildman–Crippen LogP) is 2.41. The average Bonchev–Trinajstić information content (AvgIpc) is 2.18. The Hall–Kier alpha value is -1.02. The van der Waals surface area contributed by atoms with Gasteiger partial charge >= 0.3 is 0 Å². The summed E-state index contributed by atoms with van der Waals surface area (Å²) in [7, 11) is 0. The number of aliphatic hydroxyl groups is 1. The number of rotatable bonds is 1. The van der Waals surface area contributed by atoms with Crippen LogP contribution in [0.4, 0.5) is 0 Å². The number of phenols is 1. The van der Waals surface area contributed by atoms with Crippen LogP contribution < -0.4 is 0 Å². The lowest BCUT2D eigenvalue weighted by Gasteiger charge is -2.26. The van der Waals surface area contributed by atoms with Gasteiger partial charge in [0.05, 0.1) is 6.10 Å². The molecule has 2 atom stereocenters. The molecule has 2 N–H and O–H groups in total. The van der Waals surface area contributed by atoms with E-state index in [-0.39, 0.29) is 6.10 Å². The summed E-state index contributed by atoms with van der Waals surface area (Å²) in [5.74, 6) is 0.701. The summed E-state index contributed by atoms with van der Waals surface area (Å²) in [4.78, 5) is 0. The zero-order valence-corrected chi connectivity index (χ0v) is 8.19. The van der Waals surface area contributed by atoms with Crippen LogP contribution in [-0.4, -0.2) is 16.3 Å². The van der Waals surface area contributed by atoms with E-state index < -0.39 is 0 Å². The van der Waals surface area contributed by atoms with Crippen molar-refractivity contribution in [2.45, 2.75) is 37.7 Å². The van der Waals surface area contributed by atoms with Gasteiger partial charge in [-0.1, -0.05) is 24.6 Å². The third-order valence-electron chi connectivity index (χ3n) is 3.02. The Balaban J connectivity index is 2.18. The summed E-state index contributed by atoms with van der Waals surface area (Å²) in [6.07, 6.45) is 3.64. The molecule has 2 unspecified atom stereocenters. The third-order valence-corrected chi connectivity index (χ3v) is 3.02. The van der Waals surface area contributed by atoms with Crippen molar-refractivity contribution >= 4 is 0 Å². The van der Waals surface area contributed by atoms with Crippen LogP contribution >= 0.6 is 0 Å². The van der Waals surface area contributed by atoms with Gasteiger partial charge in [0, 0.05) is 0 Å². The minimum absolute atomic E-state index is 0.187. The monoisotopic (exact) mass is 192 g/mol. The molecule has 1 aromatic carbocycles. The first kappa shape index (κ1) is 9.53. The Morgan fingerprint density at radius 3 is 2.64 bits per heavy atom. The van der Waals surface area contributed by atoms with Gasteiger partial charge in [-0.3, -0.25) is 0 Å². The molecule has 0 amide bonds. The molecular weight excluding hydrogens is 176 g/mol. The van der Waals surface area contributed by atoms with E-state index in [2.05, 4.69) is 0 Å². The van der Waals surface area contributed by atoms with Crippen LogP contribution in [0.15, 0.2) is 24.3 Å². The fourth-order valence-electron chi connectivity index (χ4n) is 2.28. The van der Waals surface area contributed by atoms with E-state index in [1.807, 2.05) is 18.2 Å². The first-order valence-electron chi connectivity index (χ1n) is 5.23. The number of aromatic hydroxyl groups is 1. The van der Waals surface area contributed by atoms with Gasteiger partial charge in [0.15, 0.2) is 0 Å². The van der Waals surface area contributed by atoms with Crippen LogP contribution in [0.2, 0.25) is 0 Å². The second kappa shape index (κ2) is 4.01. The van der Waals surface area contributed by atoms with Crippen LogP contribution in [0.1, 0.15) is 37.2 Å². The van der Waals surface area contributed by atoms with E-state index in [0.29, 0.717) is 11.7 Å². The molecule has 0 heterocycles. The first-order chi connectivity index (χ1) is 6.77. The van der Waals surface area contributed by atoms with Crippen molar-refractivity contribution in [3.63, 3.8) is 0 Å². The lowest BCUT2D eigenvalue weighted by atomic mass is 9.82. The normalized spacial score (nSPS) is 27.5. The maximum Gasteiger partial charge on any atom is 0.119 e. The quantitative estimate of drug-likeness (QED) is 0.717. The minimum Gasteiger partial charge on any atom is -0.508 e. The maximum absolute atomic E-state index is 9.67. The van der Waals surface area contributed by atoms with Crippen LogP contribution in [0.3, 0.4) is 0 Å². The average molecular weight is 192 g/mol. The molecule has 2 rings (SSSR count). The van der Waals surface area contributed by atoms with Crippen LogP contribution in [0.25, 0.3) is 0 Å². The van der Waals surface area contributed by atoms with Crippen molar-refractivity contribution in [2.75, 3.05) is 0 Å². The standard InChI is InChI=1S/C12H16O2/c13-10-5-3-4-9(8-10)11-6-1-2-7-12(11)14/h1-2,6-7,9-10,13-14H,3-5,8H2. The molecule has 1 saturated carbocycles. The zero-order chi connectivity index (χ0) is 9.97. The van der Waals surface area contributed by atoms with Crippen LogP contribution in [0.5, 0.6) is 5.75 Å². The van der Waals surface area contributed by atoms with E-state index in [1.54, 1.807) is 6.07 Å². The molecule has 0 aliphatic heterocycles. The lowest BCUT2D eigenvalue weighted by Crippen LogP contribution is -2.18. The molecule has 2 nitrogen and oxygen atoms in total. The molecule has 2 heteroatoms. The number of aliphatic hydroxyl groups excluding tert-OH is 1. The molecule has 0 spiro atoms. The Bertz CT molecular complexity index is 309. The summed E-state index contributed by atoms with van der Waals surface area (Å²) < 4.78 is 0. The largest absolute Gasteiger partial charge is 0.508 e. The van der Waals surface area contributed by atoms with Crippen molar-refractivity contribution in [3.05, 3.63) is 29.8 Å². The third kappa shape index (κ3) is 1.90.